The molecule has 0 nitrogen and oxygen atoms in total. The molecule has 0 heterocycles. The first kappa shape index (κ1) is 15.3. The summed E-state index contributed by atoms with van der Waals surface area (Å²) < 4.78 is 14.9. The van der Waals surface area contributed by atoms with E-state index in [1.165, 1.54) is 16.7 Å². The van der Waals surface area contributed by atoms with Crippen molar-refractivity contribution in [2.24, 2.45) is 5.41 Å². The molecule has 1 saturated carbocycles. The van der Waals surface area contributed by atoms with Gasteiger partial charge in [0.1, 0.15) is 5.67 Å². The number of aryl methyl sites for hydroxylation is 1. The zero-order valence-electron chi connectivity index (χ0n) is 13.9. The van der Waals surface area contributed by atoms with E-state index in [1.54, 1.807) is 0 Å². The zero-order chi connectivity index (χ0) is 16.0. The van der Waals surface area contributed by atoms with Crippen LogP contribution in [0.1, 0.15) is 68.6 Å². The summed E-state index contributed by atoms with van der Waals surface area (Å²) >= 11 is 0. The lowest BCUT2D eigenvalue weighted by molar-refractivity contribution is 0.212. The minimum atomic E-state index is -0.938. The van der Waals surface area contributed by atoms with Gasteiger partial charge in [-0.05, 0) is 68.2 Å². The van der Waals surface area contributed by atoms with Crippen LogP contribution in [0.3, 0.4) is 0 Å². The van der Waals surface area contributed by atoms with Gasteiger partial charge in [-0.2, -0.15) is 0 Å². The second-order valence-electron chi connectivity index (χ2n) is 7.28. The molecule has 3 unspecified atom stereocenters. The van der Waals surface area contributed by atoms with Gasteiger partial charge in [-0.15, -0.1) is 6.42 Å². The van der Waals surface area contributed by atoms with Gasteiger partial charge in [0.25, 0.3) is 0 Å². The van der Waals surface area contributed by atoms with Gasteiger partial charge < -0.3 is 0 Å². The van der Waals surface area contributed by atoms with Gasteiger partial charge >= 0.3 is 0 Å². The number of hydrogen-bond acceptors (Lipinski definition) is 0. The minimum absolute atomic E-state index is 0.201. The van der Waals surface area contributed by atoms with Gasteiger partial charge in [-0.3, -0.25) is 0 Å². The summed E-state index contributed by atoms with van der Waals surface area (Å²) in [7, 11) is 0. The maximum absolute atomic E-state index is 14.9. The van der Waals surface area contributed by atoms with Crippen molar-refractivity contribution in [1.82, 2.24) is 0 Å². The summed E-state index contributed by atoms with van der Waals surface area (Å²) in [5, 5.41) is 0. The lowest BCUT2D eigenvalue weighted by atomic mass is 9.79. The predicted octanol–water partition coefficient (Wildman–Crippen LogP) is 5.70. The van der Waals surface area contributed by atoms with Crippen LogP contribution < -0.4 is 0 Å². The van der Waals surface area contributed by atoms with Crippen LogP contribution in [0.2, 0.25) is 0 Å². The van der Waals surface area contributed by atoms with Crippen molar-refractivity contribution in [3.8, 4) is 12.3 Å². The van der Waals surface area contributed by atoms with Crippen LogP contribution in [0, 0.1) is 24.7 Å². The van der Waals surface area contributed by atoms with Gasteiger partial charge in [0.15, 0.2) is 0 Å². The number of allylic oxidation sites excluding steroid dienone is 2. The van der Waals surface area contributed by atoms with E-state index >= 15 is 0 Å². The van der Waals surface area contributed by atoms with Crippen molar-refractivity contribution in [2.45, 2.75) is 64.5 Å². The SMILES string of the molecule is C#Cc1ccc(C(C)CC23C=C(CC)CCC2(F)C3)c(C)c1. The molecule has 0 aliphatic heterocycles. The Labute approximate surface area is 133 Å². The van der Waals surface area contributed by atoms with E-state index in [0.29, 0.717) is 12.3 Å². The maximum atomic E-state index is 14.9. The Morgan fingerprint density at radius 1 is 1.41 bits per heavy atom. The normalized spacial score (nSPS) is 31.0. The third-order valence-electron chi connectivity index (χ3n) is 5.78. The number of alkyl halides is 1. The average Bonchev–Trinajstić information content (AvgIpc) is 3.10. The van der Waals surface area contributed by atoms with Crippen LogP contribution in [0.5, 0.6) is 0 Å². The molecule has 3 atom stereocenters. The summed E-state index contributed by atoms with van der Waals surface area (Å²) in [5.74, 6) is 3.04. The number of benzene rings is 1. The minimum Gasteiger partial charge on any atom is -0.243 e. The first-order chi connectivity index (χ1) is 10.4. The van der Waals surface area contributed by atoms with Crippen LogP contribution in [0.25, 0.3) is 0 Å². The van der Waals surface area contributed by atoms with Gasteiger partial charge in [-0.1, -0.05) is 37.5 Å². The van der Waals surface area contributed by atoms with Crippen LogP contribution in [0.4, 0.5) is 4.39 Å². The molecule has 1 fully saturated rings. The number of terminal acetylenes is 1. The van der Waals surface area contributed by atoms with Gasteiger partial charge in [0, 0.05) is 11.0 Å². The molecule has 0 amide bonds. The Hall–Kier alpha value is -1.55. The fourth-order valence-electron chi connectivity index (χ4n) is 4.36. The molecule has 1 aromatic rings. The molecule has 3 rings (SSSR count). The molecule has 0 aromatic heterocycles. The molecule has 22 heavy (non-hydrogen) atoms. The number of hydrogen-bond donors (Lipinski definition) is 0. The second-order valence-corrected chi connectivity index (χ2v) is 7.28. The summed E-state index contributed by atoms with van der Waals surface area (Å²) in [6.07, 6.45) is 12.1. The van der Waals surface area contributed by atoms with Crippen molar-refractivity contribution >= 4 is 0 Å². The maximum Gasteiger partial charge on any atom is 0.121 e. The van der Waals surface area contributed by atoms with Crippen LogP contribution >= 0.6 is 0 Å². The molecule has 1 aromatic carbocycles. The Kier molecular flexibility index (Phi) is 3.68. The Morgan fingerprint density at radius 2 is 2.18 bits per heavy atom. The highest BCUT2D eigenvalue weighted by Gasteiger charge is 2.68. The lowest BCUT2D eigenvalue weighted by Gasteiger charge is -2.27. The highest BCUT2D eigenvalue weighted by atomic mass is 19.1. The fraction of sp³-hybridized carbons (Fsp3) is 0.524. The molecule has 0 saturated heterocycles. The van der Waals surface area contributed by atoms with Crippen LogP contribution in [-0.4, -0.2) is 5.67 Å². The molecule has 116 valence electrons. The van der Waals surface area contributed by atoms with E-state index in [2.05, 4.69) is 44.9 Å². The van der Waals surface area contributed by atoms with E-state index in [0.717, 1.165) is 31.2 Å². The Morgan fingerprint density at radius 3 is 2.82 bits per heavy atom. The monoisotopic (exact) mass is 296 g/mol. The summed E-state index contributed by atoms with van der Waals surface area (Å²) in [5.41, 5.74) is 3.75. The van der Waals surface area contributed by atoms with Crippen molar-refractivity contribution in [3.05, 3.63) is 46.5 Å². The topological polar surface area (TPSA) is 0 Å². The van der Waals surface area contributed by atoms with Crippen LogP contribution in [-0.2, 0) is 0 Å². The molecular formula is C21H25F. The molecule has 0 N–H and O–H groups in total. The average molecular weight is 296 g/mol. The quantitative estimate of drug-likeness (QED) is 0.494. The van der Waals surface area contributed by atoms with Gasteiger partial charge in [0.05, 0.1) is 0 Å². The molecule has 0 spiro atoms. The summed E-state index contributed by atoms with van der Waals surface area (Å²) in [6.45, 7) is 6.51. The Bertz CT molecular complexity index is 663. The predicted molar refractivity (Wildman–Crippen MR) is 90.6 cm³/mol. The highest BCUT2D eigenvalue weighted by molar-refractivity contribution is 5.41. The molecular weight excluding hydrogens is 271 g/mol. The number of halogens is 1. The third kappa shape index (κ3) is 2.39. The van der Waals surface area contributed by atoms with Crippen LogP contribution in [0.15, 0.2) is 29.8 Å². The standard InChI is InChI=1S/C21H25F/c1-5-17-7-8-19(15(3)11-17)16(4)12-20-13-18(6-2)9-10-21(20,22)14-20/h1,7-8,11,13,16H,6,9-10,12,14H2,2-4H3. The van der Waals surface area contributed by atoms with Gasteiger partial charge in [0.2, 0.25) is 0 Å². The summed E-state index contributed by atoms with van der Waals surface area (Å²) in [4.78, 5) is 0. The molecule has 2 aliphatic carbocycles. The van der Waals surface area contributed by atoms with E-state index in [1.807, 2.05) is 6.07 Å². The van der Waals surface area contributed by atoms with E-state index in [4.69, 9.17) is 6.42 Å². The van der Waals surface area contributed by atoms with Crippen molar-refractivity contribution in [3.63, 3.8) is 0 Å². The van der Waals surface area contributed by atoms with E-state index in [9.17, 15) is 4.39 Å². The lowest BCUT2D eigenvalue weighted by Crippen LogP contribution is -2.21. The zero-order valence-corrected chi connectivity index (χ0v) is 13.9. The number of rotatable bonds is 4. The van der Waals surface area contributed by atoms with Gasteiger partial charge in [-0.25, -0.2) is 4.39 Å². The third-order valence-corrected chi connectivity index (χ3v) is 5.78. The van der Waals surface area contributed by atoms with Crippen molar-refractivity contribution in [1.29, 1.82) is 0 Å². The first-order valence-electron chi connectivity index (χ1n) is 8.40. The largest absolute Gasteiger partial charge is 0.243 e. The van der Waals surface area contributed by atoms with Crippen molar-refractivity contribution in [2.75, 3.05) is 0 Å². The van der Waals surface area contributed by atoms with E-state index in [-0.39, 0.29) is 5.41 Å². The number of fused-ring (bicyclic) bond motifs is 1. The molecule has 2 aliphatic rings. The summed E-state index contributed by atoms with van der Waals surface area (Å²) in [6, 6.07) is 6.19. The Balaban J connectivity index is 1.83. The smallest absolute Gasteiger partial charge is 0.121 e. The highest BCUT2D eigenvalue weighted by Crippen LogP contribution is 2.69. The molecule has 0 bridgehead atoms. The second kappa shape index (κ2) is 5.27. The van der Waals surface area contributed by atoms with E-state index < -0.39 is 5.67 Å². The fourth-order valence-corrected chi connectivity index (χ4v) is 4.36. The molecule has 0 radical (unpaired) electrons. The first-order valence-corrected chi connectivity index (χ1v) is 8.40. The van der Waals surface area contributed by atoms with Crippen molar-refractivity contribution < 1.29 is 4.39 Å². The molecule has 1 heteroatoms.